The third kappa shape index (κ3) is 1.93. The Morgan fingerprint density at radius 3 is 2.72 bits per heavy atom. The Bertz CT molecular complexity index is 575. The number of carbonyl (C=O) groups is 1. The highest BCUT2D eigenvalue weighted by Gasteiger charge is 2.32. The minimum atomic E-state index is -0.500. The van der Waals surface area contributed by atoms with Crippen LogP contribution >= 0.6 is 22.7 Å². The van der Waals surface area contributed by atoms with Crippen molar-refractivity contribution in [3.05, 3.63) is 44.8 Å². The van der Waals surface area contributed by atoms with Gasteiger partial charge >= 0.3 is 6.03 Å². The average Bonchev–Trinajstić information content (AvgIpc) is 3.10. The summed E-state index contributed by atoms with van der Waals surface area (Å²) in [4.78, 5) is 13.7. The van der Waals surface area contributed by atoms with Gasteiger partial charge < -0.3 is 5.73 Å². The normalized spacial score (nSPS) is 19.0. The van der Waals surface area contributed by atoms with E-state index in [1.165, 1.54) is 5.01 Å². The second-order valence-electron chi connectivity index (χ2n) is 3.94. The number of hydrogen-bond acceptors (Lipinski definition) is 4. The lowest BCUT2D eigenvalue weighted by Crippen LogP contribution is -2.31. The van der Waals surface area contributed by atoms with Gasteiger partial charge in [0.25, 0.3) is 0 Å². The lowest BCUT2D eigenvalue weighted by molar-refractivity contribution is 0.197. The van der Waals surface area contributed by atoms with Gasteiger partial charge in [0.1, 0.15) is 0 Å². The summed E-state index contributed by atoms with van der Waals surface area (Å²) in [6.07, 6.45) is 0.726. The number of primary amides is 1. The molecule has 0 bridgehead atoms. The zero-order chi connectivity index (χ0) is 12.5. The summed E-state index contributed by atoms with van der Waals surface area (Å²) in [5, 5.41) is 9.75. The second-order valence-corrected chi connectivity index (χ2v) is 5.87. The van der Waals surface area contributed by atoms with Crippen molar-refractivity contribution in [2.24, 2.45) is 10.8 Å². The predicted octanol–water partition coefficient (Wildman–Crippen LogP) is 3.04. The molecule has 6 heteroatoms. The van der Waals surface area contributed by atoms with E-state index in [2.05, 4.69) is 5.10 Å². The molecule has 92 valence electrons. The zero-order valence-corrected chi connectivity index (χ0v) is 11.1. The molecule has 0 aromatic carbocycles. The van der Waals surface area contributed by atoms with Crippen molar-refractivity contribution in [3.8, 4) is 0 Å². The van der Waals surface area contributed by atoms with Crippen molar-refractivity contribution < 1.29 is 4.79 Å². The molecule has 0 aliphatic carbocycles. The number of thiophene rings is 2. The molecule has 0 radical (unpaired) electrons. The van der Waals surface area contributed by atoms with Gasteiger partial charge in [-0.2, -0.15) is 5.10 Å². The first-order valence-corrected chi connectivity index (χ1v) is 7.25. The maximum atomic E-state index is 11.5. The maximum absolute atomic E-state index is 11.5. The molecule has 3 rings (SSSR count). The van der Waals surface area contributed by atoms with Crippen molar-refractivity contribution in [2.45, 2.75) is 12.5 Å². The van der Waals surface area contributed by atoms with Gasteiger partial charge in [0, 0.05) is 11.3 Å². The Labute approximate surface area is 112 Å². The van der Waals surface area contributed by atoms with Gasteiger partial charge in [0.2, 0.25) is 0 Å². The maximum Gasteiger partial charge on any atom is 0.335 e. The van der Waals surface area contributed by atoms with Crippen LogP contribution in [-0.2, 0) is 0 Å². The van der Waals surface area contributed by atoms with Gasteiger partial charge in [-0.15, -0.1) is 22.7 Å². The molecule has 1 atom stereocenters. The third-order valence-corrected chi connectivity index (χ3v) is 4.71. The standard InChI is InChI=1S/C12H11N3OS2/c13-12(16)15-9(11-4-2-6-18-11)7-8(14-15)10-3-1-5-17-10/h1-6,9H,7H2,(H2,13,16)/t9-/m0/s1. The van der Waals surface area contributed by atoms with Crippen molar-refractivity contribution in [1.82, 2.24) is 5.01 Å². The van der Waals surface area contributed by atoms with Crippen molar-refractivity contribution >= 4 is 34.4 Å². The molecule has 3 heterocycles. The number of amides is 2. The number of hydrogen-bond donors (Lipinski definition) is 1. The van der Waals surface area contributed by atoms with Gasteiger partial charge in [0.05, 0.1) is 16.6 Å². The SMILES string of the molecule is NC(=O)N1N=C(c2cccs2)C[C@H]1c1cccs1. The van der Waals surface area contributed by atoms with Crippen LogP contribution in [0.1, 0.15) is 22.2 Å². The molecule has 0 spiro atoms. The molecular formula is C12H11N3OS2. The summed E-state index contributed by atoms with van der Waals surface area (Å²) in [5.41, 5.74) is 6.33. The summed E-state index contributed by atoms with van der Waals surface area (Å²) in [7, 11) is 0. The average molecular weight is 277 g/mol. The van der Waals surface area contributed by atoms with E-state index in [-0.39, 0.29) is 6.04 Å². The number of hydrazone groups is 1. The van der Waals surface area contributed by atoms with Gasteiger partial charge in [0.15, 0.2) is 0 Å². The third-order valence-electron chi connectivity index (χ3n) is 2.81. The van der Waals surface area contributed by atoms with E-state index >= 15 is 0 Å². The molecule has 2 aromatic heterocycles. The number of nitrogens with zero attached hydrogens (tertiary/aromatic N) is 2. The van der Waals surface area contributed by atoms with E-state index < -0.39 is 6.03 Å². The highest BCUT2D eigenvalue weighted by molar-refractivity contribution is 7.12. The molecule has 4 nitrogen and oxygen atoms in total. The van der Waals surface area contributed by atoms with E-state index in [0.717, 1.165) is 21.9 Å². The smallest absolute Gasteiger partial charge is 0.335 e. The van der Waals surface area contributed by atoms with Crippen molar-refractivity contribution in [2.75, 3.05) is 0 Å². The van der Waals surface area contributed by atoms with Gasteiger partial charge in [-0.05, 0) is 22.9 Å². The Balaban J connectivity index is 1.93. The van der Waals surface area contributed by atoms with E-state index in [4.69, 9.17) is 5.73 Å². The van der Waals surface area contributed by atoms with Gasteiger partial charge in [-0.3, -0.25) is 0 Å². The largest absolute Gasteiger partial charge is 0.350 e. The lowest BCUT2D eigenvalue weighted by Gasteiger charge is -2.17. The molecule has 0 saturated heterocycles. The van der Waals surface area contributed by atoms with Crippen LogP contribution < -0.4 is 5.73 Å². The van der Waals surface area contributed by atoms with Crippen LogP contribution in [0, 0.1) is 0 Å². The zero-order valence-electron chi connectivity index (χ0n) is 9.45. The Morgan fingerprint density at radius 1 is 1.33 bits per heavy atom. The summed E-state index contributed by atoms with van der Waals surface area (Å²) in [5.74, 6) is 0. The van der Waals surface area contributed by atoms with Crippen molar-refractivity contribution in [1.29, 1.82) is 0 Å². The van der Waals surface area contributed by atoms with Crippen LogP contribution in [0.2, 0.25) is 0 Å². The molecule has 1 aliphatic rings. The highest BCUT2D eigenvalue weighted by atomic mass is 32.1. The Morgan fingerprint density at radius 2 is 2.11 bits per heavy atom. The van der Waals surface area contributed by atoms with Gasteiger partial charge in [-0.25, -0.2) is 9.80 Å². The summed E-state index contributed by atoms with van der Waals surface area (Å²) >= 11 is 3.25. The van der Waals surface area contributed by atoms with E-state index in [1.54, 1.807) is 22.7 Å². The minimum Gasteiger partial charge on any atom is -0.350 e. The van der Waals surface area contributed by atoms with E-state index in [9.17, 15) is 4.79 Å². The summed E-state index contributed by atoms with van der Waals surface area (Å²) in [6, 6.07) is 7.43. The first kappa shape index (κ1) is 11.4. The minimum absolute atomic E-state index is 0.0559. The molecule has 2 amide bonds. The fourth-order valence-electron chi connectivity index (χ4n) is 2.01. The monoisotopic (exact) mass is 277 g/mol. The highest BCUT2D eigenvalue weighted by Crippen LogP contribution is 2.35. The molecule has 2 N–H and O–H groups in total. The molecule has 0 unspecified atom stereocenters. The van der Waals surface area contributed by atoms with Crippen molar-refractivity contribution in [3.63, 3.8) is 0 Å². The Kier molecular flexibility index (Phi) is 2.89. The fourth-order valence-corrected chi connectivity index (χ4v) is 3.54. The molecule has 0 fully saturated rings. The van der Waals surface area contributed by atoms with Crippen LogP contribution in [-0.4, -0.2) is 16.8 Å². The quantitative estimate of drug-likeness (QED) is 0.901. The number of urea groups is 1. The predicted molar refractivity (Wildman–Crippen MR) is 74.0 cm³/mol. The van der Waals surface area contributed by atoms with Crippen LogP contribution in [0.25, 0.3) is 0 Å². The number of rotatable bonds is 2. The Hall–Kier alpha value is -1.66. The van der Waals surface area contributed by atoms with E-state index in [0.29, 0.717) is 0 Å². The number of carbonyl (C=O) groups excluding carboxylic acids is 1. The first-order valence-electron chi connectivity index (χ1n) is 5.49. The van der Waals surface area contributed by atoms with Crippen LogP contribution in [0.4, 0.5) is 4.79 Å². The molecule has 1 aliphatic heterocycles. The van der Waals surface area contributed by atoms with Crippen LogP contribution in [0.3, 0.4) is 0 Å². The summed E-state index contributed by atoms with van der Waals surface area (Å²) in [6.45, 7) is 0. The topological polar surface area (TPSA) is 58.7 Å². The molecule has 18 heavy (non-hydrogen) atoms. The van der Waals surface area contributed by atoms with E-state index in [1.807, 2.05) is 35.0 Å². The second kappa shape index (κ2) is 4.55. The van der Waals surface area contributed by atoms with Crippen LogP contribution in [0.15, 0.2) is 40.1 Å². The lowest BCUT2D eigenvalue weighted by atomic mass is 10.1. The van der Waals surface area contributed by atoms with Crippen LogP contribution in [0.5, 0.6) is 0 Å². The molecule has 0 saturated carbocycles. The molecular weight excluding hydrogens is 266 g/mol. The summed E-state index contributed by atoms with van der Waals surface area (Å²) < 4.78 is 0. The first-order chi connectivity index (χ1) is 8.75. The molecule has 2 aromatic rings. The fraction of sp³-hybridized carbons (Fsp3) is 0.167. The number of nitrogens with two attached hydrogens (primary N) is 1. The van der Waals surface area contributed by atoms with Gasteiger partial charge in [-0.1, -0.05) is 12.1 Å².